The second kappa shape index (κ2) is 10.6. The van der Waals surface area contributed by atoms with Crippen molar-refractivity contribution in [2.24, 2.45) is 0 Å². The Morgan fingerprint density at radius 1 is 1.00 bits per heavy atom. The largest absolute Gasteiger partial charge is 0.468 e. The predicted octanol–water partition coefficient (Wildman–Crippen LogP) is 5.90. The molecule has 0 spiro atoms. The molecule has 0 amide bonds. The van der Waals surface area contributed by atoms with Crippen molar-refractivity contribution in [2.45, 2.75) is 74.7 Å². The van der Waals surface area contributed by atoms with Crippen LogP contribution in [0.25, 0.3) is 0 Å². The summed E-state index contributed by atoms with van der Waals surface area (Å²) < 4.78 is 31.9. The van der Waals surface area contributed by atoms with E-state index in [2.05, 4.69) is 17.1 Å². The van der Waals surface area contributed by atoms with Gasteiger partial charge in [-0.25, -0.2) is 0 Å². The highest BCUT2D eigenvalue weighted by Gasteiger charge is 2.45. The number of methoxy groups -OCH3 is 1. The Labute approximate surface area is 220 Å². The van der Waals surface area contributed by atoms with Crippen molar-refractivity contribution < 1.29 is 18.6 Å². The van der Waals surface area contributed by atoms with Gasteiger partial charge in [0.2, 0.25) is 0 Å². The van der Waals surface area contributed by atoms with Gasteiger partial charge in [0.1, 0.15) is 12.7 Å². The normalized spacial score (nSPS) is 28.9. The van der Waals surface area contributed by atoms with E-state index in [1.165, 1.54) is 7.11 Å². The molecule has 1 saturated heterocycles. The minimum absolute atomic E-state index is 0.0546. The van der Waals surface area contributed by atoms with Crippen LogP contribution in [-0.2, 0) is 21.5 Å². The van der Waals surface area contributed by atoms with Gasteiger partial charge in [-0.2, -0.15) is 4.31 Å². The topological polar surface area (TPSA) is 101 Å². The summed E-state index contributed by atoms with van der Waals surface area (Å²) in [7, 11) is -1.55. The molecule has 0 bridgehead atoms. The lowest BCUT2D eigenvalue weighted by Gasteiger charge is -2.54. The molecular formula is C28H36N4O4S. The Balaban J connectivity index is 1.34. The Bertz CT molecular complexity index is 1180. The quantitative estimate of drug-likeness (QED) is 0.388. The summed E-state index contributed by atoms with van der Waals surface area (Å²) in [6.45, 7) is 2.50. The van der Waals surface area contributed by atoms with E-state index in [0.29, 0.717) is 19.4 Å². The number of nitrogens with zero attached hydrogens (tertiary/aromatic N) is 4. The zero-order valence-electron chi connectivity index (χ0n) is 21.4. The Kier molecular flexibility index (Phi) is 7.40. The lowest BCUT2D eigenvalue weighted by Crippen LogP contribution is -2.42. The molecule has 2 atom stereocenters. The molecule has 1 saturated carbocycles. The molecule has 2 aliphatic rings. The molecule has 2 heterocycles. The summed E-state index contributed by atoms with van der Waals surface area (Å²) in [6.07, 6.45) is 8.16. The van der Waals surface area contributed by atoms with Gasteiger partial charge in [-0.1, -0.05) is 54.6 Å². The van der Waals surface area contributed by atoms with Crippen LogP contribution < -0.4 is 0 Å². The van der Waals surface area contributed by atoms with E-state index in [-0.39, 0.29) is 23.3 Å². The molecule has 1 aliphatic heterocycles. The zero-order valence-corrected chi connectivity index (χ0v) is 22.3. The van der Waals surface area contributed by atoms with Gasteiger partial charge in [-0.3, -0.25) is 13.9 Å². The van der Waals surface area contributed by atoms with Crippen LogP contribution in [-0.4, -0.2) is 47.3 Å². The Morgan fingerprint density at radius 3 is 2.27 bits per heavy atom. The van der Waals surface area contributed by atoms with E-state index < -0.39 is 16.2 Å². The molecular weight excluding hydrogens is 488 g/mol. The zero-order chi connectivity index (χ0) is 26.0. The maximum Gasteiger partial charge on any atom is 0.316 e. The lowest BCUT2D eigenvalue weighted by atomic mass is 9.68. The smallest absolute Gasteiger partial charge is 0.316 e. The van der Waals surface area contributed by atoms with Crippen LogP contribution in [0.15, 0.2) is 67.3 Å². The van der Waals surface area contributed by atoms with Gasteiger partial charge in [0.05, 0.1) is 17.8 Å². The number of carbonyl (C=O) groups excluding carboxylic acids is 1. The third-order valence-electron chi connectivity index (χ3n) is 8.32. The number of ether oxygens (including phenoxy) is 1. The summed E-state index contributed by atoms with van der Waals surface area (Å²) in [5.74, 6) is -0.202. The first kappa shape index (κ1) is 25.9. The number of carbonyl (C=O) groups is 1. The minimum atomic E-state index is -3.01. The van der Waals surface area contributed by atoms with E-state index in [9.17, 15) is 13.9 Å². The fourth-order valence-corrected chi connectivity index (χ4v) is 8.37. The first-order valence-corrected chi connectivity index (χ1v) is 14.5. The van der Waals surface area contributed by atoms with Crippen molar-refractivity contribution >= 4 is 16.7 Å². The molecule has 2 fully saturated rings. The summed E-state index contributed by atoms with van der Waals surface area (Å²) in [5.41, 5.74) is 2.22. The number of esters is 1. The number of aromatic nitrogens is 3. The van der Waals surface area contributed by atoms with Gasteiger partial charge in [0.25, 0.3) is 0 Å². The van der Waals surface area contributed by atoms with Crippen LogP contribution in [0.3, 0.4) is 0 Å². The molecule has 3 aromatic rings. The average molecular weight is 525 g/mol. The van der Waals surface area contributed by atoms with Crippen molar-refractivity contribution in [3.8, 4) is 0 Å². The van der Waals surface area contributed by atoms with Gasteiger partial charge < -0.3 is 9.30 Å². The molecule has 2 aromatic carbocycles. The van der Waals surface area contributed by atoms with E-state index in [0.717, 1.165) is 42.4 Å². The van der Waals surface area contributed by atoms with Crippen molar-refractivity contribution in [1.29, 1.82) is 0 Å². The molecule has 198 valence electrons. The SMILES string of the molecule is COC(=O)[C@]1(c2ccc(CN3[C@@H](C)CC[C@H](c4ccccc4)S3(O)O)cc2)CC[C@H](n2cnnc2)CC1. The fraction of sp³-hybridized carbons (Fsp3) is 0.464. The molecule has 9 heteroatoms. The third-order valence-corrected chi connectivity index (χ3v) is 10.8. The van der Waals surface area contributed by atoms with Crippen molar-refractivity contribution in [1.82, 2.24) is 19.1 Å². The van der Waals surface area contributed by atoms with Gasteiger partial charge in [-0.05, 0) is 62.1 Å². The highest BCUT2D eigenvalue weighted by molar-refractivity contribution is 8.22. The van der Waals surface area contributed by atoms with Gasteiger partial charge in [-0.15, -0.1) is 21.0 Å². The van der Waals surface area contributed by atoms with Gasteiger partial charge in [0, 0.05) is 18.6 Å². The minimum Gasteiger partial charge on any atom is -0.468 e. The van der Waals surface area contributed by atoms with Crippen LogP contribution in [0.2, 0.25) is 0 Å². The Hall–Kier alpha value is -2.72. The monoisotopic (exact) mass is 524 g/mol. The maximum absolute atomic E-state index is 13.1. The number of hydrogen-bond acceptors (Lipinski definition) is 7. The van der Waals surface area contributed by atoms with Gasteiger partial charge >= 0.3 is 5.97 Å². The summed E-state index contributed by atoms with van der Waals surface area (Å²) in [5, 5.41) is 7.54. The summed E-state index contributed by atoms with van der Waals surface area (Å²) in [4.78, 5) is 13.1. The molecule has 1 aliphatic carbocycles. The van der Waals surface area contributed by atoms with E-state index in [1.807, 2.05) is 63.5 Å². The fourth-order valence-electron chi connectivity index (χ4n) is 6.10. The number of benzene rings is 2. The number of rotatable bonds is 6. The van der Waals surface area contributed by atoms with Gasteiger partial charge in [0.15, 0.2) is 0 Å². The van der Waals surface area contributed by atoms with E-state index in [1.54, 1.807) is 12.7 Å². The van der Waals surface area contributed by atoms with Crippen LogP contribution in [0.5, 0.6) is 0 Å². The van der Waals surface area contributed by atoms with Crippen LogP contribution in [0.4, 0.5) is 0 Å². The van der Waals surface area contributed by atoms with Crippen molar-refractivity contribution in [3.05, 3.63) is 83.9 Å². The highest BCUT2D eigenvalue weighted by Crippen LogP contribution is 2.63. The third kappa shape index (κ3) is 4.93. The molecule has 0 unspecified atom stereocenters. The van der Waals surface area contributed by atoms with Crippen molar-refractivity contribution in [2.75, 3.05) is 7.11 Å². The number of hydrogen-bond donors (Lipinski definition) is 2. The highest BCUT2D eigenvalue weighted by atomic mass is 32.3. The van der Waals surface area contributed by atoms with Crippen LogP contribution >= 0.6 is 10.8 Å². The first-order valence-electron chi connectivity index (χ1n) is 13.0. The van der Waals surface area contributed by atoms with E-state index >= 15 is 0 Å². The standard InChI is InChI=1S/C28H36N4O4S/c1-21-8-13-26(23-6-4-3-5-7-23)37(34,35)32(21)18-22-9-11-24(12-10-22)28(27(33)36-2)16-14-25(15-17-28)31-19-29-30-20-31/h3-7,9-12,19-21,25-26,34-35H,8,13-18H2,1-2H3/t21-,25-,26+,28+/m0/s1. The van der Waals surface area contributed by atoms with Crippen LogP contribution in [0.1, 0.15) is 73.4 Å². The molecule has 5 rings (SSSR count). The molecule has 1 aromatic heterocycles. The second-order valence-electron chi connectivity index (χ2n) is 10.4. The van der Waals surface area contributed by atoms with Crippen molar-refractivity contribution in [3.63, 3.8) is 0 Å². The van der Waals surface area contributed by atoms with Crippen LogP contribution in [0, 0.1) is 0 Å². The molecule has 8 nitrogen and oxygen atoms in total. The summed E-state index contributed by atoms with van der Waals surface area (Å²) >= 11 is 0. The maximum atomic E-state index is 13.1. The lowest BCUT2D eigenvalue weighted by molar-refractivity contribution is -0.149. The average Bonchev–Trinajstić information content (AvgIpc) is 3.46. The molecule has 0 radical (unpaired) electrons. The first-order chi connectivity index (χ1) is 17.8. The van der Waals surface area contributed by atoms with E-state index in [4.69, 9.17) is 4.74 Å². The summed E-state index contributed by atoms with van der Waals surface area (Å²) in [6, 6.07) is 18.2. The molecule has 37 heavy (non-hydrogen) atoms. The predicted molar refractivity (Wildman–Crippen MR) is 144 cm³/mol. The molecule has 2 N–H and O–H groups in total. The Morgan fingerprint density at radius 2 is 1.65 bits per heavy atom. The second-order valence-corrected chi connectivity index (χ2v) is 12.5.